The van der Waals surface area contributed by atoms with Gasteiger partial charge in [-0.3, -0.25) is 0 Å². The fraction of sp³-hybridized carbons (Fsp3) is 0.0588. The molecule has 0 saturated carbocycles. The van der Waals surface area contributed by atoms with Gasteiger partial charge in [-0.25, -0.2) is 0 Å². The first-order chi connectivity index (χ1) is 9.19. The van der Waals surface area contributed by atoms with Crippen molar-refractivity contribution in [2.24, 2.45) is 0 Å². The van der Waals surface area contributed by atoms with E-state index >= 15 is 0 Å². The van der Waals surface area contributed by atoms with Crippen LogP contribution in [0.3, 0.4) is 0 Å². The Morgan fingerprint density at radius 1 is 0.684 bits per heavy atom. The summed E-state index contributed by atoms with van der Waals surface area (Å²) in [6.45, 7) is 0. The lowest BCUT2D eigenvalue weighted by atomic mass is 9.78. The van der Waals surface area contributed by atoms with E-state index in [0.29, 0.717) is 0 Å². The van der Waals surface area contributed by atoms with Crippen molar-refractivity contribution in [2.45, 2.75) is 5.41 Å². The predicted octanol–water partition coefficient (Wildman–Crippen LogP) is 3.44. The minimum Gasteiger partial charge on any atom is -0.508 e. The molecule has 0 aliphatic heterocycles. The Labute approximate surface area is 111 Å². The van der Waals surface area contributed by atoms with Gasteiger partial charge in [0.2, 0.25) is 0 Å². The van der Waals surface area contributed by atoms with Crippen molar-refractivity contribution >= 4 is 12.2 Å². The maximum Gasteiger partial charge on any atom is 0.116 e. The number of phenolic OH excluding ortho intramolecular Hbond substituents is 2. The van der Waals surface area contributed by atoms with E-state index < -0.39 is 0 Å². The smallest absolute Gasteiger partial charge is 0.116 e. The van der Waals surface area contributed by atoms with Crippen molar-refractivity contribution in [1.29, 1.82) is 0 Å². The van der Waals surface area contributed by atoms with Crippen LogP contribution in [0.5, 0.6) is 11.5 Å². The van der Waals surface area contributed by atoms with Gasteiger partial charge in [0.25, 0.3) is 0 Å². The molecule has 0 amide bonds. The minimum absolute atomic E-state index is 0.276. The van der Waals surface area contributed by atoms with Gasteiger partial charge in [0.05, 0.1) is 5.41 Å². The molecule has 1 spiro atoms. The van der Waals surface area contributed by atoms with E-state index in [1.54, 1.807) is 18.2 Å². The van der Waals surface area contributed by atoms with Gasteiger partial charge >= 0.3 is 0 Å². The van der Waals surface area contributed by atoms with E-state index in [-0.39, 0.29) is 16.9 Å². The molecule has 2 aromatic carbocycles. The molecule has 2 aliphatic rings. The van der Waals surface area contributed by atoms with E-state index in [2.05, 4.69) is 18.2 Å². The third-order valence-electron chi connectivity index (χ3n) is 4.01. The van der Waals surface area contributed by atoms with Crippen molar-refractivity contribution in [1.82, 2.24) is 0 Å². The number of hydrogen-bond acceptors (Lipinski definition) is 2. The van der Waals surface area contributed by atoms with Crippen LogP contribution in [-0.2, 0) is 5.41 Å². The van der Waals surface area contributed by atoms with Crippen LogP contribution in [0.25, 0.3) is 12.2 Å². The number of benzene rings is 2. The van der Waals surface area contributed by atoms with Crippen LogP contribution >= 0.6 is 0 Å². The van der Waals surface area contributed by atoms with Gasteiger partial charge in [-0.2, -0.15) is 0 Å². The zero-order chi connectivity index (χ0) is 13.0. The lowest BCUT2D eigenvalue weighted by Crippen LogP contribution is -2.18. The monoisotopic (exact) mass is 248 g/mol. The highest BCUT2D eigenvalue weighted by Crippen LogP contribution is 2.49. The number of hydrogen-bond donors (Lipinski definition) is 2. The molecule has 0 unspecified atom stereocenters. The summed E-state index contributed by atoms with van der Waals surface area (Å²) in [5.74, 6) is 0.556. The fourth-order valence-electron chi connectivity index (χ4n) is 3.11. The van der Waals surface area contributed by atoms with Gasteiger partial charge in [0.1, 0.15) is 11.5 Å². The van der Waals surface area contributed by atoms with Crippen molar-refractivity contribution in [3.63, 3.8) is 0 Å². The molecule has 4 rings (SSSR count). The van der Waals surface area contributed by atoms with Crippen LogP contribution < -0.4 is 0 Å². The lowest BCUT2D eigenvalue weighted by molar-refractivity contribution is 0.473. The molecular formula is C17H12O2. The number of allylic oxidation sites excluding steroid dienone is 2. The Bertz CT molecular complexity index is 756. The first-order valence-electron chi connectivity index (χ1n) is 6.24. The van der Waals surface area contributed by atoms with Gasteiger partial charge in [-0.15, -0.1) is 0 Å². The highest BCUT2D eigenvalue weighted by molar-refractivity contribution is 5.80. The number of aromatic hydroxyl groups is 2. The molecular weight excluding hydrogens is 236 g/mol. The zero-order valence-corrected chi connectivity index (χ0v) is 10.2. The molecule has 2 heteroatoms. The second-order valence-corrected chi connectivity index (χ2v) is 5.08. The average molecular weight is 248 g/mol. The van der Waals surface area contributed by atoms with Gasteiger partial charge in [-0.1, -0.05) is 36.4 Å². The minimum atomic E-state index is -0.295. The molecule has 0 heterocycles. The van der Waals surface area contributed by atoms with Gasteiger partial charge in [-0.05, 0) is 46.5 Å². The number of phenols is 2. The topological polar surface area (TPSA) is 40.5 Å². The van der Waals surface area contributed by atoms with Crippen LogP contribution in [0.4, 0.5) is 0 Å². The Balaban J connectivity index is 2.00. The molecule has 2 aliphatic carbocycles. The molecule has 1 atom stereocenters. The van der Waals surface area contributed by atoms with Gasteiger partial charge < -0.3 is 10.2 Å². The van der Waals surface area contributed by atoms with Crippen molar-refractivity contribution < 1.29 is 10.2 Å². The summed E-state index contributed by atoms with van der Waals surface area (Å²) in [5.41, 5.74) is 4.10. The molecule has 92 valence electrons. The van der Waals surface area contributed by atoms with E-state index in [4.69, 9.17) is 0 Å². The second kappa shape index (κ2) is 3.29. The molecule has 0 saturated heterocycles. The third kappa shape index (κ3) is 1.26. The molecule has 0 fully saturated rings. The van der Waals surface area contributed by atoms with Crippen LogP contribution in [0.1, 0.15) is 22.3 Å². The van der Waals surface area contributed by atoms with Crippen molar-refractivity contribution in [3.8, 4) is 11.5 Å². The molecule has 2 N–H and O–H groups in total. The van der Waals surface area contributed by atoms with Crippen LogP contribution in [-0.4, -0.2) is 10.2 Å². The van der Waals surface area contributed by atoms with Gasteiger partial charge in [0.15, 0.2) is 0 Å². The second-order valence-electron chi connectivity index (χ2n) is 5.08. The van der Waals surface area contributed by atoms with E-state index in [1.165, 1.54) is 0 Å². The Hall–Kier alpha value is -2.48. The summed E-state index contributed by atoms with van der Waals surface area (Å²) in [6, 6.07) is 10.9. The quantitative estimate of drug-likeness (QED) is 0.749. The molecule has 0 aromatic heterocycles. The van der Waals surface area contributed by atoms with Crippen LogP contribution in [0.15, 0.2) is 48.6 Å². The van der Waals surface area contributed by atoms with Crippen LogP contribution in [0.2, 0.25) is 0 Å². The standard InChI is InChI=1S/C17H12O2/c18-13-3-4-15-12(9-13)6-8-17(15)7-5-11-1-2-14(19)10-16(11)17/h1-10,18-19H/t17-/m1/s1. The molecule has 19 heavy (non-hydrogen) atoms. The normalized spacial score (nSPS) is 21.9. The Morgan fingerprint density at radius 3 is 2.21 bits per heavy atom. The third-order valence-corrected chi connectivity index (χ3v) is 4.01. The Morgan fingerprint density at radius 2 is 1.37 bits per heavy atom. The summed E-state index contributed by atoms with van der Waals surface area (Å²) >= 11 is 0. The highest BCUT2D eigenvalue weighted by atomic mass is 16.3. The lowest BCUT2D eigenvalue weighted by Gasteiger charge is -2.24. The highest BCUT2D eigenvalue weighted by Gasteiger charge is 2.38. The maximum absolute atomic E-state index is 9.74. The Kier molecular flexibility index (Phi) is 1.81. The van der Waals surface area contributed by atoms with Crippen molar-refractivity contribution in [2.75, 3.05) is 0 Å². The molecule has 0 bridgehead atoms. The zero-order valence-electron chi connectivity index (χ0n) is 10.2. The summed E-state index contributed by atoms with van der Waals surface area (Å²) in [6.07, 6.45) is 8.38. The molecule has 2 nitrogen and oxygen atoms in total. The number of fused-ring (bicyclic) bond motifs is 4. The first kappa shape index (κ1) is 10.4. The predicted molar refractivity (Wildman–Crippen MR) is 75.1 cm³/mol. The maximum atomic E-state index is 9.74. The van der Waals surface area contributed by atoms with E-state index in [0.717, 1.165) is 22.3 Å². The van der Waals surface area contributed by atoms with Gasteiger partial charge in [0, 0.05) is 0 Å². The number of rotatable bonds is 0. The molecule has 0 radical (unpaired) electrons. The molecule has 2 aromatic rings. The van der Waals surface area contributed by atoms with E-state index in [1.807, 2.05) is 24.3 Å². The van der Waals surface area contributed by atoms with Crippen LogP contribution in [0, 0.1) is 0 Å². The SMILES string of the molecule is Oc1ccc2c(c1)C=C[C@]21C=Cc2ccc(O)cc21. The largest absolute Gasteiger partial charge is 0.508 e. The van der Waals surface area contributed by atoms with E-state index in [9.17, 15) is 10.2 Å². The fourth-order valence-corrected chi connectivity index (χ4v) is 3.11. The summed E-state index contributed by atoms with van der Waals surface area (Å²) < 4.78 is 0. The average Bonchev–Trinajstić information content (AvgIpc) is 2.93. The summed E-state index contributed by atoms with van der Waals surface area (Å²) in [7, 11) is 0. The first-order valence-corrected chi connectivity index (χ1v) is 6.24. The van der Waals surface area contributed by atoms with Crippen molar-refractivity contribution in [3.05, 3.63) is 70.8 Å². The summed E-state index contributed by atoms with van der Waals surface area (Å²) in [5, 5.41) is 19.3. The summed E-state index contributed by atoms with van der Waals surface area (Å²) in [4.78, 5) is 0.